The molecule has 0 amide bonds. The second-order valence-electron chi connectivity index (χ2n) is 5.35. The maximum atomic E-state index is 9.70. The highest BCUT2D eigenvalue weighted by molar-refractivity contribution is 7.99. The minimum atomic E-state index is -0.106. The Morgan fingerprint density at radius 2 is 2.14 bits per heavy atom. The SMILES string of the molecule is CCCNC(CC)(CO)CCCSc1cccc(OC)c1. The summed E-state index contributed by atoms with van der Waals surface area (Å²) < 4.78 is 5.24. The second-order valence-corrected chi connectivity index (χ2v) is 6.52. The molecular formula is C17H29NO2S. The highest BCUT2D eigenvalue weighted by Crippen LogP contribution is 2.25. The largest absolute Gasteiger partial charge is 0.497 e. The van der Waals surface area contributed by atoms with E-state index in [4.69, 9.17) is 4.74 Å². The summed E-state index contributed by atoms with van der Waals surface area (Å²) in [6.07, 6.45) is 4.16. The summed E-state index contributed by atoms with van der Waals surface area (Å²) in [5, 5.41) is 13.2. The minimum absolute atomic E-state index is 0.106. The number of aliphatic hydroxyl groups is 1. The van der Waals surface area contributed by atoms with Gasteiger partial charge in [-0.3, -0.25) is 0 Å². The van der Waals surface area contributed by atoms with E-state index in [1.807, 2.05) is 23.9 Å². The topological polar surface area (TPSA) is 41.5 Å². The molecule has 1 aromatic rings. The Kier molecular flexibility index (Phi) is 8.81. The van der Waals surface area contributed by atoms with Crippen LogP contribution in [0.25, 0.3) is 0 Å². The van der Waals surface area contributed by atoms with Crippen LogP contribution in [0.4, 0.5) is 0 Å². The number of hydrogen-bond acceptors (Lipinski definition) is 4. The van der Waals surface area contributed by atoms with Crippen LogP contribution in [0.15, 0.2) is 29.2 Å². The third-order valence-electron chi connectivity index (χ3n) is 3.84. The number of aliphatic hydroxyl groups excluding tert-OH is 1. The molecule has 4 heteroatoms. The first-order chi connectivity index (χ1) is 10.2. The molecule has 0 aromatic heterocycles. The van der Waals surface area contributed by atoms with Gasteiger partial charge in [0.05, 0.1) is 13.7 Å². The predicted molar refractivity (Wildman–Crippen MR) is 91.4 cm³/mol. The zero-order valence-corrected chi connectivity index (χ0v) is 14.3. The van der Waals surface area contributed by atoms with Crippen LogP contribution in [0.3, 0.4) is 0 Å². The Balaban J connectivity index is 2.39. The van der Waals surface area contributed by atoms with Crippen LogP contribution in [0, 0.1) is 0 Å². The van der Waals surface area contributed by atoms with Crippen molar-refractivity contribution in [2.45, 2.75) is 50.0 Å². The predicted octanol–water partition coefficient (Wildman–Crippen LogP) is 3.71. The highest BCUT2D eigenvalue weighted by atomic mass is 32.2. The molecule has 0 aliphatic carbocycles. The second kappa shape index (κ2) is 10.1. The van der Waals surface area contributed by atoms with E-state index in [9.17, 15) is 5.11 Å². The van der Waals surface area contributed by atoms with Crippen molar-refractivity contribution < 1.29 is 9.84 Å². The van der Waals surface area contributed by atoms with Crippen molar-refractivity contribution in [1.82, 2.24) is 5.32 Å². The molecule has 21 heavy (non-hydrogen) atoms. The first-order valence-electron chi connectivity index (χ1n) is 7.82. The van der Waals surface area contributed by atoms with Gasteiger partial charge in [-0.05, 0) is 56.2 Å². The van der Waals surface area contributed by atoms with Gasteiger partial charge >= 0.3 is 0 Å². The van der Waals surface area contributed by atoms with E-state index in [0.29, 0.717) is 0 Å². The van der Waals surface area contributed by atoms with E-state index in [1.54, 1.807) is 7.11 Å². The number of rotatable bonds is 11. The highest BCUT2D eigenvalue weighted by Gasteiger charge is 2.25. The van der Waals surface area contributed by atoms with E-state index in [2.05, 4.69) is 31.3 Å². The van der Waals surface area contributed by atoms with Gasteiger partial charge in [-0.2, -0.15) is 0 Å². The Hall–Kier alpha value is -0.710. The third kappa shape index (κ3) is 6.29. The van der Waals surface area contributed by atoms with Gasteiger partial charge in [-0.25, -0.2) is 0 Å². The number of methoxy groups -OCH3 is 1. The molecule has 0 fully saturated rings. The van der Waals surface area contributed by atoms with Crippen LogP contribution in [0.1, 0.15) is 39.5 Å². The molecule has 0 spiro atoms. The van der Waals surface area contributed by atoms with Crippen molar-refractivity contribution >= 4 is 11.8 Å². The van der Waals surface area contributed by atoms with Crippen molar-refractivity contribution in [3.63, 3.8) is 0 Å². The lowest BCUT2D eigenvalue weighted by Gasteiger charge is -2.32. The van der Waals surface area contributed by atoms with Gasteiger partial charge in [0.15, 0.2) is 0 Å². The number of ether oxygens (including phenoxy) is 1. The molecule has 0 heterocycles. The Bertz CT molecular complexity index is 394. The van der Waals surface area contributed by atoms with Crippen LogP contribution in [0.2, 0.25) is 0 Å². The molecule has 0 aliphatic rings. The van der Waals surface area contributed by atoms with Crippen molar-refractivity contribution in [2.24, 2.45) is 0 Å². The zero-order valence-electron chi connectivity index (χ0n) is 13.5. The quantitative estimate of drug-likeness (QED) is 0.483. The van der Waals surface area contributed by atoms with Crippen LogP contribution in [-0.2, 0) is 0 Å². The van der Waals surface area contributed by atoms with Crippen molar-refractivity contribution in [3.05, 3.63) is 24.3 Å². The average Bonchev–Trinajstić information content (AvgIpc) is 2.55. The fraction of sp³-hybridized carbons (Fsp3) is 0.647. The molecule has 120 valence electrons. The van der Waals surface area contributed by atoms with E-state index < -0.39 is 0 Å². The summed E-state index contributed by atoms with van der Waals surface area (Å²) >= 11 is 1.85. The van der Waals surface area contributed by atoms with E-state index in [-0.39, 0.29) is 12.1 Å². The number of nitrogens with one attached hydrogen (secondary N) is 1. The molecule has 0 saturated heterocycles. The van der Waals surface area contributed by atoms with Crippen LogP contribution >= 0.6 is 11.8 Å². The normalized spacial score (nSPS) is 13.9. The molecule has 0 aliphatic heterocycles. The third-order valence-corrected chi connectivity index (χ3v) is 4.92. The molecule has 0 radical (unpaired) electrons. The lowest BCUT2D eigenvalue weighted by molar-refractivity contribution is 0.146. The Morgan fingerprint density at radius 3 is 2.76 bits per heavy atom. The van der Waals surface area contributed by atoms with Crippen molar-refractivity contribution in [3.8, 4) is 5.75 Å². The van der Waals surface area contributed by atoms with Crippen LogP contribution in [0.5, 0.6) is 5.75 Å². The maximum absolute atomic E-state index is 9.70. The number of thioether (sulfide) groups is 1. The molecule has 0 bridgehead atoms. The Morgan fingerprint density at radius 1 is 1.33 bits per heavy atom. The summed E-state index contributed by atoms with van der Waals surface area (Å²) in [7, 11) is 1.69. The van der Waals surface area contributed by atoms with Gasteiger partial charge in [0.25, 0.3) is 0 Å². The number of hydrogen-bond donors (Lipinski definition) is 2. The van der Waals surface area contributed by atoms with Gasteiger partial charge in [-0.1, -0.05) is 19.9 Å². The fourth-order valence-corrected chi connectivity index (χ4v) is 3.22. The monoisotopic (exact) mass is 311 g/mol. The standard InChI is InChI=1S/C17H29NO2S/c1-4-11-18-17(5-2,14-19)10-7-12-21-16-9-6-8-15(13-16)20-3/h6,8-9,13,18-19H,4-5,7,10-12,14H2,1-3H3. The number of benzene rings is 1. The van der Waals surface area contributed by atoms with E-state index >= 15 is 0 Å². The first kappa shape index (κ1) is 18.3. The summed E-state index contributed by atoms with van der Waals surface area (Å²) in [5.41, 5.74) is -0.106. The summed E-state index contributed by atoms with van der Waals surface area (Å²) in [6, 6.07) is 8.17. The lowest BCUT2D eigenvalue weighted by atomic mass is 9.91. The minimum Gasteiger partial charge on any atom is -0.497 e. The molecule has 2 N–H and O–H groups in total. The van der Waals surface area contributed by atoms with E-state index in [0.717, 1.165) is 43.7 Å². The zero-order chi connectivity index (χ0) is 15.6. The molecule has 1 rings (SSSR count). The Labute approximate surface area is 133 Å². The first-order valence-corrected chi connectivity index (χ1v) is 8.81. The van der Waals surface area contributed by atoms with Gasteiger partial charge in [0.2, 0.25) is 0 Å². The molecule has 0 saturated carbocycles. The summed E-state index contributed by atoms with van der Waals surface area (Å²) in [4.78, 5) is 1.24. The van der Waals surface area contributed by atoms with Crippen LogP contribution in [-0.4, -0.2) is 36.7 Å². The fourth-order valence-electron chi connectivity index (χ4n) is 2.32. The average molecular weight is 311 g/mol. The molecule has 1 atom stereocenters. The van der Waals surface area contributed by atoms with Gasteiger partial charge in [0.1, 0.15) is 5.75 Å². The summed E-state index contributed by atoms with van der Waals surface area (Å²) in [5.74, 6) is 1.96. The van der Waals surface area contributed by atoms with Crippen molar-refractivity contribution in [2.75, 3.05) is 26.0 Å². The van der Waals surface area contributed by atoms with Gasteiger partial charge in [0, 0.05) is 10.4 Å². The van der Waals surface area contributed by atoms with Crippen LogP contribution < -0.4 is 10.1 Å². The van der Waals surface area contributed by atoms with Crippen molar-refractivity contribution in [1.29, 1.82) is 0 Å². The molecular weight excluding hydrogens is 282 g/mol. The molecule has 3 nitrogen and oxygen atoms in total. The molecule has 1 unspecified atom stereocenters. The smallest absolute Gasteiger partial charge is 0.119 e. The summed E-state index contributed by atoms with van der Waals surface area (Å²) in [6.45, 7) is 5.49. The van der Waals surface area contributed by atoms with E-state index in [1.165, 1.54) is 4.90 Å². The molecule has 1 aromatic carbocycles. The van der Waals surface area contributed by atoms with Gasteiger partial charge in [-0.15, -0.1) is 11.8 Å². The lowest BCUT2D eigenvalue weighted by Crippen LogP contribution is -2.48. The maximum Gasteiger partial charge on any atom is 0.119 e. The van der Waals surface area contributed by atoms with Gasteiger partial charge < -0.3 is 15.2 Å².